The van der Waals surface area contributed by atoms with Gasteiger partial charge in [-0.1, -0.05) is 42.5 Å². The normalized spacial score (nSPS) is 17.3. The number of para-hydroxylation sites is 2. The maximum Gasteiger partial charge on any atom is 0.254 e. The summed E-state index contributed by atoms with van der Waals surface area (Å²) in [4.78, 5) is 28.0. The van der Waals surface area contributed by atoms with Gasteiger partial charge in [0.15, 0.2) is 17.3 Å². The van der Waals surface area contributed by atoms with Gasteiger partial charge in [-0.05, 0) is 62.6 Å². The van der Waals surface area contributed by atoms with Crippen molar-refractivity contribution in [1.82, 2.24) is 19.4 Å². The van der Waals surface area contributed by atoms with E-state index in [-0.39, 0.29) is 11.3 Å². The Morgan fingerprint density at radius 2 is 1.73 bits per heavy atom. The molecule has 10 heteroatoms. The molecule has 0 bridgehead atoms. The van der Waals surface area contributed by atoms with Crippen molar-refractivity contribution in [3.63, 3.8) is 0 Å². The van der Waals surface area contributed by atoms with Gasteiger partial charge >= 0.3 is 0 Å². The number of nitrogens with zero attached hydrogens (tertiary/aromatic N) is 5. The van der Waals surface area contributed by atoms with E-state index in [4.69, 9.17) is 23.9 Å². The third-order valence-corrected chi connectivity index (χ3v) is 9.34. The highest BCUT2D eigenvalue weighted by Gasteiger charge is 2.42. The van der Waals surface area contributed by atoms with Gasteiger partial charge in [0, 0.05) is 56.2 Å². The lowest BCUT2D eigenvalue weighted by molar-refractivity contribution is 0.0781. The zero-order chi connectivity index (χ0) is 34.2. The number of fused-ring (bicyclic) bond motifs is 1. The van der Waals surface area contributed by atoms with Gasteiger partial charge in [0.2, 0.25) is 5.75 Å². The highest BCUT2D eigenvalue weighted by molar-refractivity contribution is 5.96. The summed E-state index contributed by atoms with van der Waals surface area (Å²) in [5.41, 5.74) is 4.37. The largest absolute Gasteiger partial charge is 0.493 e. The second-order valence-electron chi connectivity index (χ2n) is 12.1. The van der Waals surface area contributed by atoms with Gasteiger partial charge in [0.25, 0.3) is 5.91 Å². The summed E-state index contributed by atoms with van der Waals surface area (Å²) >= 11 is 0. The number of imidazole rings is 1. The second kappa shape index (κ2) is 15.4. The third-order valence-electron chi connectivity index (χ3n) is 9.34. The quantitative estimate of drug-likeness (QED) is 0.141. The number of aromatic nitrogens is 2. The Bertz CT molecular complexity index is 1850. The fourth-order valence-corrected chi connectivity index (χ4v) is 6.89. The number of allylic oxidation sites excluding steroid dienone is 1. The van der Waals surface area contributed by atoms with E-state index in [2.05, 4.69) is 51.0 Å². The third kappa shape index (κ3) is 7.05. The summed E-state index contributed by atoms with van der Waals surface area (Å²) in [5.74, 6) is 2.22. The first kappa shape index (κ1) is 33.8. The second-order valence-corrected chi connectivity index (χ2v) is 12.1. The molecule has 2 aliphatic rings. The van der Waals surface area contributed by atoms with Crippen molar-refractivity contribution in [3.8, 4) is 17.2 Å². The molecule has 256 valence electrons. The van der Waals surface area contributed by atoms with Crippen LogP contribution in [0.2, 0.25) is 0 Å². The lowest BCUT2D eigenvalue weighted by Gasteiger charge is -2.33. The molecule has 10 nitrogen and oxygen atoms in total. The number of hydrogen-bond acceptors (Lipinski definition) is 8. The van der Waals surface area contributed by atoms with E-state index in [1.807, 2.05) is 55.3 Å². The van der Waals surface area contributed by atoms with Gasteiger partial charge < -0.3 is 33.3 Å². The van der Waals surface area contributed by atoms with Crippen LogP contribution in [-0.4, -0.2) is 85.1 Å². The molecule has 0 aliphatic carbocycles. The monoisotopic (exact) mass is 663 g/mol. The number of amides is 1. The van der Waals surface area contributed by atoms with Crippen LogP contribution in [0.5, 0.6) is 17.2 Å². The maximum atomic E-state index is 14.1. The molecule has 0 N–H and O–H groups in total. The molecular formula is C39H45N5O5. The van der Waals surface area contributed by atoms with Crippen LogP contribution in [0.4, 0.5) is 0 Å². The molecule has 6 rings (SSSR count). The van der Waals surface area contributed by atoms with Gasteiger partial charge in [0.05, 0.1) is 44.7 Å². The SMILES string of the molecule is CCOCCn1c(C2=CN=CC=CN2CCC2(c3ccccc3)CCN(C(=O)c3cc(OC)c(OC)c(OCC)c3)C2)nc2ccccc21. The van der Waals surface area contributed by atoms with Gasteiger partial charge in [-0.15, -0.1) is 0 Å². The predicted molar refractivity (Wildman–Crippen MR) is 193 cm³/mol. The van der Waals surface area contributed by atoms with Crippen molar-refractivity contribution in [2.45, 2.75) is 38.6 Å². The van der Waals surface area contributed by atoms with Crippen molar-refractivity contribution in [2.75, 3.05) is 53.7 Å². The summed E-state index contributed by atoms with van der Waals surface area (Å²) < 4.78 is 24.9. The molecule has 0 spiro atoms. The number of carbonyl (C=O) groups excluding carboxylic acids is 1. The first-order valence-electron chi connectivity index (χ1n) is 17.0. The van der Waals surface area contributed by atoms with Crippen molar-refractivity contribution in [2.24, 2.45) is 4.99 Å². The van der Waals surface area contributed by atoms with Crippen LogP contribution >= 0.6 is 0 Å². The number of methoxy groups -OCH3 is 2. The van der Waals surface area contributed by atoms with E-state index >= 15 is 0 Å². The number of hydrogen-bond donors (Lipinski definition) is 0. The number of benzene rings is 3. The smallest absolute Gasteiger partial charge is 0.254 e. The lowest BCUT2D eigenvalue weighted by atomic mass is 9.76. The molecule has 4 aromatic rings. The number of carbonyl (C=O) groups is 1. The summed E-state index contributed by atoms with van der Waals surface area (Å²) in [6.07, 6.45) is 9.36. The van der Waals surface area contributed by atoms with Crippen molar-refractivity contribution in [1.29, 1.82) is 0 Å². The van der Waals surface area contributed by atoms with Crippen LogP contribution in [0, 0.1) is 0 Å². The Kier molecular flexibility index (Phi) is 10.6. The molecule has 1 fully saturated rings. The molecular weight excluding hydrogens is 618 g/mol. The van der Waals surface area contributed by atoms with Crippen LogP contribution < -0.4 is 14.2 Å². The maximum absolute atomic E-state index is 14.1. The standard InChI is InChI=1S/C39H45N5O5/c1-5-48-24-23-44-32-16-11-10-15-31(32)41-37(44)33-27-40-19-12-20-42(33)21-17-39(30-13-8-7-9-14-30)18-22-43(28-39)38(45)29-25-34(46-3)36(47-4)35(26-29)49-6-2/h7-16,19-20,25-27H,5-6,17-18,21-24,28H2,1-4H3. The van der Waals surface area contributed by atoms with Crippen LogP contribution in [0.1, 0.15) is 48.4 Å². The molecule has 1 aromatic heterocycles. The average molecular weight is 664 g/mol. The summed E-state index contributed by atoms with van der Waals surface area (Å²) in [5, 5.41) is 0. The fraction of sp³-hybridized carbons (Fsp3) is 0.359. The molecule has 0 radical (unpaired) electrons. The van der Waals surface area contributed by atoms with Crippen LogP contribution in [0.3, 0.4) is 0 Å². The Labute approximate surface area is 288 Å². The first-order chi connectivity index (χ1) is 24.0. The summed E-state index contributed by atoms with van der Waals surface area (Å²) in [7, 11) is 3.14. The minimum absolute atomic E-state index is 0.0635. The molecule has 1 unspecified atom stereocenters. The van der Waals surface area contributed by atoms with Crippen LogP contribution in [-0.2, 0) is 16.7 Å². The van der Waals surface area contributed by atoms with E-state index in [0.29, 0.717) is 68.8 Å². The van der Waals surface area contributed by atoms with E-state index in [1.165, 1.54) is 5.56 Å². The molecule has 1 saturated heterocycles. The van der Waals surface area contributed by atoms with E-state index in [1.54, 1.807) is 32.6 Å². The van der Waals surface area contributed by atoms with Crippen LogP contribution in [0.15, 0.2) is 90.2 Å². The Morgan fingerprint density at radius 3 is 2.51 bits per heavy atom. The van der Waals surface area contributed by atoms with Gasteiger partial charge in [-0.2, -0.15) is 0 Å². The lowest BCUT2D eigenvalue weighted by Crippen LogP contribution is -2.37. The van der Waals surface area contributed by atoms with E-state index in [9.17, 15) is 4.79 Å². The van der Waals surface area contributed by atoms with Gasteiger partial charge in [-0.3, -0.25) is 9.79 Å². The van der Waals surface area contributed by atoms with Crippen LogP contribution in [0.25, 0.3) is 16.7 Å². The van der Waals surface area contributed by atoms with Crippen molar-refractivity contribution in [3.05, 3.63) is 102 Å². The molecule has 1 atom stereocenters. The highest BCUT2D eigenvalue weighted by atomic mass is 16.5. The molecule has 3 heterocycles. The van der Waals surface area contributed by atoms with E-state index < -0.39 is 0 Å². The highest BCUT2D eigenvalue weighted by Crippen LogP contribution is 2.42. The summed E-state index contributed by atoms with van der Waals surface area (Å²) in [6.45, 7) is 8.17. The zero-order valence-corrected chi connectivity index (χ0v) is 28.8. The predicted octanol–water partition coefficient (Wildman–Crippen LogP) is 6.56. The summed E-state index contributed by atoms with van der Waals surface area (Å²) in [6, 6.07) is 22.3. The molecule has 49 heavy (non-hydrogen) atoms. The van der Waals surface area contributed by atoms with Crippen molar-refractivity contribution < 1.29 is 23.7 Å². The molecule has 0 saturated carbocycles. The topological polar surface area (TPSA) is 90.7 Å². The Hall–Kier alpha value is -5.09. The zero-order valence-electron chi connectivity index (χ0n) is 28.8. The van der Waals surface area contributed by atoms with Gasteiger partial charge in [-0.25, -0.2) is 4.98 Å². The number of rotatable bonds is 14. The van der Waals surface area contributed by atoms with Gasteiger partial charge in [0.1, 0.15) is 5.70 Å². The first-order valence-corrected chi connectivity index (χ1v) is 17.0. The number of ether oxygens (including phenoxy) is 4. The Balaban J connectivity index is 1.29. The average Bonchev–Trinajstić information content (AvgIpc) is 3.65. The Morgan fingerprint density at radius 1 is 0.939 bits per heavy atom. The minimum atomic E-state index is -0.266. The molecule has 1 amide bonds. The molecule has 2 aliphatic heterocycles. The van der Waals surface area contributed by atoms with Crippen molar-refractivity contribution >= 4 is 28.9 Å². The minimum Gasteiger partial charge on any atom is -0.493 e. The van der Waals surface area contributed by atoms with E-state index in [0.717, 1.165) is 35.4 Å². The fourth-order valence-electron chi connectivity index (χ4n) is 6.89. The number of likely N-dealkylation sites (tertiary alicyclic amines) is 1. The number of aliphatic imine (C=N–C) groups is 1. The molecule has 3 aromatic carbocycles.